The third-order valence-electron chi connectivity index (χ3n) is 3.44. The zero-order valence-electron chi connectivity index (χ0n) is 10.9. The van der Waals surface area contributed by atoms with Crippen LogP contribution >= 0.6 is 11.6 Å². The molecule has 0 aliphatic heterocycles. The maximum atomic E-state index is 14.8. The van der Waals surface area contributed by atoms with Gasteiger partial charge in [0.25, 0.3) is 0 Å². The normalized spacial score (nSPS) is 10.5. The van der Waals surface area contributed by atoms with Crippen LogP contribution in [-0.2, 0) is 0 Å². The molecular weight excluding hydrogens is 287 g/mol. The van der Waals surface area contributed by atoms with E-state index in [4.69, 9.17) is 17.3 Å². The Balaban J connectivity index is 2.43. The zero-order chi connectivity index (χ0) is 15.0. The molecule has 3 aromatic carbocycles. The van der Waals surface area contributed by atoms with Crippen molar-refractivity contribution in [3.8, 4) is 17.2 Å². The van der Waals surface area contributed by atoms with Crippen LogP contribution in [0.1, 0.15) is 5.56 Å². The minimum absolute atomic E-state index is 0.149. The molecule has 0 spiro atoms. The lowest BCUT2D eigenvalue weighted by Gasteiger charge is -2.13. The average Bonchev–Trinajstić information content (AvgIpc) is 2.50. The highest BCUT2D eigenvalue weighted by atomic mass is 35.5. The van der Waals surface area contributed by atoms with Crippen molar-refractivity contribution >= 4 is 28.1 Å². The van der Waals surface area contributed by atoms with E-state index >= 15 is 0 Å². The number of hydrogen-bond acceptors (Lipinski definition) is 2. The Bertz CT molecular complexity index is 880. The Morgan fingerprint density at radius 3 is 2.24 bits per heavy atom. The minimum Gasteiger partial charge on any atom is -0.397 e. The molecule has 0 amide bonds. The summed E-state index contributed by atoms with van der Waals surface area (Å²) in [7, 11) is 0. The molecule has 0 unspecified atom stereocenters. The summed E-state index contributed by atoms with van der Waals surface area (Å²) in [6.45, 7) is 0. The molecule has 102 valence electrons. The Morgan fingerprint density at radius 1 is 1.00 bits per heavy atom. The van der Waals surface area contributed by atoms with Crippen molar-refractivity contribution in [3.05, 3.63) is 64.9 Å². The maximum Gasteiger partial charge on any atom is 0.141 e. The highest BCUT2D eigenvalue weighted by Gasteiger charge is 2.18. The van der Waals surface area contributed by atoms with Crippen molar-refractivity contribution in [1.82, 2.24) is 0 Å². The molecular formula is C17H10ClFN2. The van der Waals surface area contributed by atoms with Gasteiger partial charge in [0.05, 0.1) is 11.3 Å². The Hall–Kier alpha value is -2.57. The van der Waals surface area contributed by atoms with Gasteiger partial charge in [0, 0.05) is 21.4 Å². The van der Waals surface area contributed by atoms with Crippen LogP contribution in [0.4, 0.5) is 10.1 Å². The highest BCUT2D eigenvalue weighted by Crippen LogP contribution is 2.37. The van der Waals surface area contributed by atoms with E-state index in [2.05, 4.69) is 6.07 Å². The van der Waals surface area contributed by atoms with Gasteiger partial charge in [-0.25, -0.2) is 4.39 Å². The lowest BCUT2D eigenvalue weighted by Crippen LogP contribution is -2.00. The summed E-state index contributed by atoms with van der Waals surface area (Å²) < 4.78 is 14.8. The van der Waals surface area contributed by atoms with Crippen molar-refractivity contribution in [3.63, 3.8) is 0 Å². The van der Waals surface area contributed by atoms with E-state index in [1.54, 1.807) is 48.5 Å². The summed E-state index contributed by atoms with van der Waals surface area (Å²) in [5.74, 6) is -0.426. The number of nitrogen functional groups attached to an aromatic ring is 1. The van der Waals surface area contributed by atoms with Gasteiger partial charge in [-0.05, 0) is 17.7 Å². The van der Waals surface area contributed by atoms with E-state index in [-0.39, 0.29) is 16.8 Å². The standard InChI is InChI=1S/C17H10ClFN2/c18-11-7-5-10(6-8-11)15-16(19)13-4-2-1-3-12(13)14(9-20)17(15)21/h1-8H,21H2. The summed E-state index contributed by atoms with van der Waals surface area (Å²) >= 11 is 5.85. The fourth-order valence-electron chi connectivity index (χ4n) is 2.43. The monoisotopic (exact) mass is 296 g/mol. The molecule has 0 fully saturated rings. The van der Waals surface area contributed by atoms with Gasteiger partial charge in [-0.1, -0.05) is 48.0 Å². The third-order valence-corrected chi connectivity index (χ3v) is 3.69. The van der Waals surface area contributed by atoms with Crippen LogP contribution in [0, 0.1) is 17.1 Å². The number of nitrogens with zero attached hydrogens (tertiary/aromatic N) is 1. The Kier molecular flexibility index (Phi) is 3.25. The molecule has 0 bridgehead atoms. The van der Waals surface area contributed by atoms with Crippen molar-refractivity contribution < 1.29 is 4.39 Å². The predicted octanol–water partition coefficient (Wildman–Crippen LogP) is 4.75. The quantitative estimate of drug-likeness (QED) is 0.659. The van der Waals surface area contributed by atoms with Gasteiger partial charge in [0.2, 0.25) is 0 Å². The topological polar surface area (TPSA) is 49.8 Å². The molecule has 0 atom stereocenters. The summed E-state index contributed by atoms with van der Waals surface area (Å²) in [5.41, 5.74) is 7.31. The number of anilines is 1. The second-order valence-corrected chi connectivity index (χ2v) is 5.08. The Morgan fingerprint density at radius 2 is 1.62 bits per heavy atom. The molecule has 0 aromatic heterocycles. The van der Waals surface area contributed by atoms with E-state index in [0.29, 0.717) is 21.4 Å². The molecule has 3 rings (SSSR count). The van der Waals surface area contributed by atoms with Crippen LogP contribution in [0.3, 0.4) is 0 Å². The largest absolute Gasteiger partial charge is 0.397 e. The van der Waals surface area contributed by atoms with Gasteiger partial charge in [-0.2, -0.15) is 5.26 Å². The number of nitrogens with two attached hydrogens (primary N) is 1. The summed E-state index contributed by atoms with van der Waals surface area (Å²) in [5, 5.41) is 10.8. The number of nitriles is 1. The summed E-state index contributed by atoms with van der Waals surface area (Å²) in [6, 6.07) is 15.6. The van der Waals surface area contributed by atoms with Gasteiger partial charge in [0.1, 0.15) is 11.9 Å². The molecule has 21 heavy (non-hydrogen) atoms. The molecule has 0 saturated carbocycles. The first-order valence-electron chi connectivity index (χ1n) is 6.29. The molecule has 0 heterocycles. The summed E-state index contributed by atoms with van der Waals surface area (Å²) in [4.78, 5) is 0. The molecule has 4 heteroatoms. The van der Waals surface area contributed by atoms with Crippen LogP contribution in [0.25, 0.3) is 21.9 Å². The van der Waals surface area contributed by atoms with E-state index in [1.807, 2.05) is 0 Å². The molecule has 0 aliphatic rings. The van der Waals surface area contributed by atoms with E-state index in [0.717, 1.165) is 0 Å². The van der Waals surface area contributed by atoms with Gasteiger partial charge in [0.15, 0.2) is 0 Å². The van der Waals surface area contributed by atoms with Crippen LogP contribution in [0.2, 0.25) is 5.02 Å². The minimum atomic E-state index is -0.426. The number of hydrogen-bond donors (Lipinski definition) is 1. The lowest BCUT2D eigenvalue weighted by molar-refractivity contribution is 0.643. The first-order chi connectivity index (χ1) is 10.1. The number of fused-ring (bicyclic) bond motifs is 1. The molecule has 0 saturated heterocycles. The van der Waals surface area contributed by atoms with Crippen LogP contribution < -0.4 is 5.73 Å². The number of benzene rings is 3. The van der Waals surface area contributed by atoms with Crippen LogP contribution in [0.5, 0.6) is 0 Å². The number of halogens is 2. The van der Waals surface area contributed by atoms with Gasteiger partial charge in [-0.15, -0.1) is 0 Å². The molecule has 3 aromatic rings. The second-order valence-electron chi connectivity index (χ2n) is 4.64. The first kappa shape index (κ1) is 13.4. The molecule has 2 nitrogen and oxygen atoms in total. The fraction of sp³-hybridized carbons (Fsp3) is 0. The van der Waals surface area contributed by atoms with E-state index in [1.165, 1.54) is 0 Å². The fourth-order valence-corrected chi connectivity index (χ4v) is 2.56. The predicted molar refractivity (Wildman–Crippen MR) is 83.5 cm³/mol. The molecule has 0 aliphatic carbocycles. The average molecular weight is 297 g/mol. The second kappa shape index (κ2) is 5.08. The smallest absolute Gasteiger partial charge is 0.141 e. The van der Waals surface area contributed by atoms with Crippen LogP contribution in [0.15, 0.2) is 48.5 Å². The van der Waals surface area contributed by atoms with E-state index in [9.17, 15) is 9.65 Å². The lowest BCUT2D eigenvalue weighted by atomic mass is 9.94. The van der Waals surface area contributed by atoms with Crippen molar-refractivity contribution in [2.24, 2.45) is 0 Å². The molecule has 2 N–H and O–H groups in total. The van der Waals surface area contributed by atoms with Crippen molar-refractivity contribution in [2.75, 3.05) is 5.73 Å². The van der Waals surface area contributed by atoms with Crippen LogP contribution in [-0.4, -0.2) is 0 Å². The summed E-state index contributed by atoms with van der Waals surface area (Å²) in [6.07, 6.45) is 0. The van der Waals surface area contributed by atoms with Gasteiger partial charge in [-0.3, -0.25) is 0 Å². The first-order valence-corrected chi connectivity index (χ1v) is 6.67. The third kappa shape index (κ3) is 2.10. The Labute approximate surface area is 126 Å². The SMILES string of the molecule is N#Cc1c(N)c(-c2ccc(Cl)cc2)c(F)c2ccccc12. The zero-order valence-corrected chi connectivity index (χ0v) is 11.7. The van der Waals surface area contributed by atoms with Crippen molar-refractivity contribution in [1.29, 1.82) is 5.26 Å². The molecule has 0 radical (unpaired) electrons. The number of rotatable bonds is 1. The van der Waals surface area contributed by atoms with E-state index < -0.39 is 5.82 Å². The maximum absolute atomic E-state index is 14.8. The van der Waals surface area contributed by atoms with Gasteiger partial charge < -0.3 is 5.73 Å². The van der Waals surface area contributed by atoms with Crippen molar-refractivity contribution in [2.45, 2.75) is 0 Å². The van der Waals surface area contributed by atoms with Gasteiger partial charge >= 0.3 is 0 Å². The highest BCUT2D eigenvalue weighted by molar-refractivity contribution is 6.30.